The van der Waals surface area contributed by atoms with E-state index in [4.69, 9.17) is 0 Å². The lowest BCUT2D eigenvalue weighted by Crippen LogP contribution is -2.43. The van der Waals surface area contributed by atoms with Gasteiger partial charge < -0.3 is 5.32 Å². The molecule has 124 valence electrons. The number of hydrogen-bond donors (Lipinski definition) is 2. The number of rotatable bonds is 5. The molecule has 0 spiro atoms. The molecule has 22 heavy (non-hydrogen) atoms. The van der Waals surface area contributed by atoms with Gasteiger partial charge in [0.05, 0.1) is 11.4 Å². The molecule has 1 aliphatic heterocycles. The second-order valence-electron chi connectivity index (χ2n) is 5.73. The molecule has 7 nitrogen and oxygen atoms in total. The van der Waals surface area contributed by atoms with Crippen LogP contribution in [-0.2, 0) is 14.8 Å². The van der Waals surface area contributed by atoms with Crippen LogP contribution < -0.4 is 5.32 Å². The van der Waals surface area contributed by atoms with Crippen molar-refractivity contribution in [2.45, 2.75) is 44.9 Å². The molecule has 8 heteroatoms. The lowest BCUT2D eigenvalue weighted by atomic mass is 9.97. The molecule has 0 aliphatic carbocycles. The number of hydrogen-bond acceptors (Lipinski definition) is 4. The van der Waals surface area contributed by atoms with Crippen molar-refractivity contribution < 1.29 is 13.2 Å². The second kappa shape index (κ2) is 6.78. The van der Waals surface area contributed by atoms with Gasteiger partial charge in [0.25, 0.3) is 0 Å². The van der Waals surface area contributed by atoms with E-state index in [0.29, 0.717) is 43.9 Å². The van der Waals surface area contributed by atoms with Crippen LogP contribution in [0.1, 0.15) is 37.6 Å². The number of nitrogens with one attached hydrogen (secondary N) is 2. The Hall–Kier alpha value is -1.41. The Morgan fingerprint density at radius 2 is 2.00 bits per heavy atom. The number of aromatic amines is 1. The average molecular weight is 328 g/mol. The predicted molar refractivity (Wildman–Crippen MR) is 82.8 cm³/mol. The molecule has 0 atom stereocenters. The molecule has 1 fully saturated rings. The fourth-order valence-electron chi connectivity index (χ4n) is 2.80. The van der Waals surface area contributed by atoms with Crippen LogP contribution in [0, 0.1) is 19.8 Å². The van der Waals surface area contributed by atoms with Crippen LogP contribution in [-0.4, -0.2) is 48.5 Å². The van der Waals surface area contributed by atoms with E-state index >= 15 is 0 Å². The van der Waals surface area contributed by atoms with Crippen LogP contribution in [0.3, 0.4) is 0 Å². The minimum atomic E-state index is -3.54. The fraction of sp³-hybridized carbons (Fsp3) is 0.714. The van der Waals surface area contributed by atoms with E-state index in [1.54, 1.807) is 13.8 Å². The molecule has 0 radical (unpaired) electrons. The first kappa shape index (κ1) is 17.0. The number of amides is 1. The molecule has 1 aromatic heterocycles. The quantitative estimate of drug-likeness (QED) is 0.841. The highest BCUT2D eigenvalue weighted by atomic mass is 32.2. The summed E-state index contributed by atoms with van der Waals surface area (Å²) < 4.78 is 26.9. The molecule has 1 aromatic rings. The number of aryl methyl sites for hydroxylation is 2. The fourth-order valence-corrected chi connectivity index (χ4v) is 4.60. The summed E-state index contributed by atoms with van der Waals surface area (Å²) in [5.41, 5.74) is 1.04. The van der Waals surface area contributed by atoms with Crippen LogP contribution in [0.5, 0.6) is 0 Å². The smallest absolute Gasteiger partial charge is 0.246 e. The Labute approximate surface area is 131 Å². The number of sulfonamides is 1. The maximum atomic E-state index is 12.7. The molecule has 0 bridgehead atoms. The van der Waals surface area contributed by atoms with Gasteiger partial charge >= 0.3 is 0 Å². The van der Waals surface area contributed by atoms with Gasteiger partial charge in [-0.1, -0.05) is 6.92 Å². The van der Waals surface area contributed by atoms with Crippen molar-refractivity contribution in [2.24, 2.45) is 5.92 Å². The third-order valence-electron chi connectivity index (χ3n) is 4.03. The maximum absolute atomic E-state index is 12.7. The van der Waals surface area contributed by atoms with Crippen molar-refractivity contribution in [1.82, 2.24) is 19.8 Å². The number of carbonyl (C=O) groups excluding carboxylic acids is 1. The Morgan fingerprint density at radius 1 is 1.36 bits per heavy atom. The topological polar surface area (TPSA) is 95.2 Å². The van der Waals surface area contributed by atoms with Crippen molar-refractivity contribution in [1.29, 1.82) is 0 Å². The zero-order chi connectivity index (χ0) is 16.3. The largest absolute Gasteiger partial charge is 0.356 e. The summed E-state index contributed by atoms with van der Waals surface area (Å²) in [6, 6.07) is 0. The minimum absolute atomic E-state index is 0.0366. The summed E-state index contributed by atoms with van der Waals surface area (Å²) in [5, 5.41) is 9.55. The van der Waals surface area contributed by atoms with E-state index in [-0.39, 0.29) is 16.7 Å². The highest BCUT2D eigenvalue weighted by molar-refractivity contribution is 7.89. The zero-order valence-corrected chi connectivity index (χ0v) is 14.2. The summed E-state index contributed by atoms with van der Waals surface area (Å²) in [4.78, 5) is 12.2. The van der Waals surface area contributed by atoms with E-state index < -0.39 is 10.0 Å². The lowest BCUT2D eigenvalue weighted by molar-refractivity contribution is -0.126. The Bertz CT molecular complexity index is 611. The predicted octanol–water partition coefficient (Wildman–Crippen LogP) is 0.953. The molecule has 0 saturated carbocycles. The van der Waals surface area contributed by atoms with E-state index in [1.165, 1.54) is 4.31 Å². The van der Waals surface area contributed by atoms with Crippen LogP contribution in [0.15, 0.2) is 4.90 Å². The van der Waals surface area contributed by atoms with E-state index in [0.717, 1.165) is 6.42 Å². The highest BCUT2D eigenvalue weighted by Gasteiger charge is 2.34. The Morgan fingerprint density at radius 3 is 2.50 bits per heavy atom. The summed E-state index contributed by atoms with van der Waals surface area (Å²) in [6.45, 7) is 6.81. The number of H-pyrrole nitrogens is 1. The second-order valence-corrected chi connectivity index (χ2v) is 7.61. The van der Waals surface area contributed by atoms with Gasteiger partial charge in [-0.25, -0.2) is 8.42 Å². The number of carbonyl (C=O) groups is 1. The summed E-state index contributed by atoms with van der Waals surface area (Å²) in [5.74, 6) is -0.0564. The van der Waals surface area contributed by atoms with Crippen molar-refractivity contribution in [3.63, 3.8) is 0 Å². The van der Waals surface area contributed by atoms with E-state index in [1.807, 2.05) is 6.92 Å². The first-order valence-electron chi connectivity index (χ1n) is 7.67. The number of nitrogens with zero attached hydrogens (tertiary/aromatic N) is 2. The third kappa shape index (κ3) is 3.33. The SMILES string of the molecule is CCCNC(=O)C1CCN(S(=O)(=O)c2c(C)n[nH]c2C)CC1. The van der Waals surface area contributed by atoms with Gasteiger partial charge in [0.1, 0.15) is 4.90 Å². The lowest BCUT2D eigenvalue weighted by Gasteiger charge is -2.30. The van der Waals surface area contributed by atoms with Crippen molar-refractivity contribution >= 4 is 15.9 Å². The average Bonchev–Trinajstić information content (AvgIpc) is 2.84. The van der Waals surface area contributed by atoms with Gasteiger partial charge in [0.2, 0.25) is 15.9 Å². The van der Waals surface area contributed by atoms with Gasteiger partial charge in [-0.2, -0.15) is 9.40 Å². The highest BCUT2D eigenvalue weighted by Crippen LogP contribution is 2.26. The molecular formula is C14H24N4O3S. The van der Waals surface area contributed by atoms with Crippen LogP contribution in [0.25, 0.3) is 0 Å². The number of piperidine rings is 1. The Balaban J connectivity index is 2.04. The molecular weight excluding hydrogens is 304 g/mol. The molecule has 2 N–H and O–H groups in total. The number of aromatic nitrogens is 2. The minimum Gasteiger partial charge on any atom is -0.356 e. The summed E-state index contributed by atoms with van der Waals surface area (Å²) >= 11 is 0. The molecule has 2 rings (SSSR count). The maximum Gasteiger partial charge on any atom is 0.246 e. The Kier molecular flexibility index (Phi) is 5.23. The molecule has 0 unspecified atom stereocenters. The first-order chi connectivity index (χ1) is 10.4. The molecule has 1 saturated heterocycles. The third-order valence-corrected chi connectivity index (χ3v) is 6.19. The summed E-state index contributed by atoms with van der Waals surface area (Å²) in [6.07, 6.45) is 2.02. The van der Waals surface area contributed by atoms with Gasteiger partial charge in [-0.3, -0.25) is 9.89 Å². The first-order valence-corrected chi connectivity index (χ1v) is 9.11. The van der Waals surface area contributed by atoms with E-state index in [9.17, 15) is 13.2 Å². The standard InChI is InChI=1S/C14H24N4O3S/c1-4-7-15-14(19)12-5-8-18(9-6-12)22(20,21)13-10(2)16-17-11(13)3/h12H,4-9H2,1-3H3,(H,15,19)(H,16,17). The van der Waals surface area contributed by atoms with Gasteiger partial charge in [-0.05, 0) is 33.1 Å². The molecule has 0 aromatic carbocycles. The monoisotopic (exact) mass is 328 g/mol. The van der Waals surface area contributed by atoms with E-state index in [2.05, 4.69) is 15.5 Å². The molecule has 1 amide bonds. The molecule has 2 heterocycles. The van der Waals surface area contributed by atoms with Crippen LogP contribution in [0.2, 0.25) is 0 Å². The van der Waals surface area contributed by atoms with Crippen LogP contribution in [0.4, 0.5) is 0 Å². The summed E-state index contributed by atoms with van der Waals surface area (Å²) in [7, 11) is -3.54. The molecule has 1 aliphatic rings. The zero-order valence-electron chi connectivity index (χ0n) is 13.3. The van der Waals surface area contributed by atoms with Gasteiger partial charge in [0.15, 0.2) is 0 Å². The van der Waals surface area contributed by atoms with Crippen molar-refractivity contribution in [2.75, 3.05) is 19.6 Å². The van der Waals surface area contributed by atoms with Crippen molar-refractivity contribution in [3.05, 3.63) is 11.4 Å². The normalized spacial score (nSPS) is 17.6. The van der Waals surface area contributed by atoms with Crippen LogP contribution >= 0.6 is 0 Å². The van der Waals surface area contributed by atoms with Gasteiger partial charge in [0, 0.05) is 25.6 Å². The van der Waals surface area contributed by atoms with Crippen molar-refractivity contribution in [3.8, 4) is 0 Å². The van der Waals surface area contributed by atoms with Gasteiger partial charge in [-0.15, -0.1) is 0 Å².